The molecule has 0 unspecified atom stereocenters. The van der Waals surface area contributed by atoms with Gasteiger partial charge in [-0.25, -0.2) is 0 Å². The average molecular weight is 813 g/mol. The Morgan fingerprint density at radius 3 is 1.62 bits per heavy atom. The van der Waals surface area contributed by atoms with Crippen molar-refractivity contribution in [2.24, 2.45) is 0 Å². The third kappa shape index (κ3) is 5.73. The van der Waals surface area contributed by atoms with Gasteiger partial charge in [0, 0.05) is 38.6 Å². The maximum Gasteiger partial charge on any atom is 0.0619 e. The van der Waals surface area contributed by atoms with Gasteiger partial charge in [-0.15, -0.1) is 0 Å². The summed E-state index contributed by atoms with van der Waals surface area (Å²) < 4.78 is 2.49. The molecule has 2 nitrogen and oxygen atoms in total. The number of anilines is 3. The highest BCUT2D eigenvalue weighted by Gasteiger charge is 2.20. The molecular formula is C62H40N2. The van der Waals surface area contributed by atoms with Gasteiger partial charge in [-0.05, 0) is 114 Å². The second-order valence-electron chi connectivity index (χ2n) is 16.9. The monoisotopic (exact) mass is 812 g/mol. The Hall–Kier alpha value is -8.46. The first-order chi connectivity index (χ1) is 31.7. The van der Waals surface area contributed by atoms with Gasteiger partial charge in [0.2, 0.25) is 0 Å². The van der Waals surface area contributed by atoms with Crippen LogP contribution in [-0.2, 0) is 0 Å². The van der Waals surface area contributed by atoms with E-state index in [9.17, 15) is 0 Å². The third-order valence-electron chi connectivity index (χ3n) is 13.3. The fourth-order valence-electron chi connectivity index (χ4n) is 10.4. The molecule has 0 spiro atoms. The van der Waals surface area contributed by atoms with Crippen molar-refractivity contribution in [1.29, 1.82) is 0 Å². The standard InChI is InChI=1S/C62H40N2/c1-2-14-41(15-3-1)59-40-49(38-46-18-6-8-20-51(46)59)63(48-34-30-45-27-26-42-16-4-7-19-50(42)58(45)39-48)47-32-28-44(29-33-47)52-36-37-61(55-23-11-10-22-54(52)55)64-60-25-13-12-24-56(60)57-35-31-43-17-5-9-21-53(43)62(57)64/h1-40H. The number of benzene rings is 12. The van der Waals surface area contributed by atoms with Gasteiger partial charge in [0.1, 0.15) is 0 Å². The molecular weight excluding hydrogens is 773 g/mol. The van der Waals surface area contributed by atoms with Crippen LogP contribution in [0.5, 0.6) is 0 Å². The predicted molar refractivity (Wildman–Crippen MR) is 274 cm³/mol. The van der Waals surface area contributed by atoms with E-state index in [1.54, 1.807) is 0 Å². The molecule has 0 amide bonds. The first-order valence-electron chi connectivity index (χ1n) is 22.1. The van der Waals surface area contributed by atoms with E-state index in [-0.39, 0.29) is 0 Å². The van der Waals surface area contributed by atoms with Gasteiger partial charge in [0.15, 0.2) is 0 Å². The van der Waals surface area contributed by atoms with Crippen LogP contribution < -0.4 is 4.90 Å². The SMILES string of the molecule is c1ccc(-c2cc(N(c3ccc(-c4ccc(-n5c6ccccc6c6ccc7ccccc7c65)c5ccccc45)cc3)c3ccc4ccc5ccccc5c4c3)cc3ccccc23)cc1. The summed E-state index contributed by atoms with van der Waals surface area (Å²) >= 11 is 0. The van der Waals surface area contributed by atoms with E-state index in [4.69, 9.17) is 0 Å². The normalized spacial score (nSPS) is 11.8. The second-order valence-corrected chi connectivity index (χ2v) is 16.9. The summed E-state index contributed by atoms with van der Waals surface area (Å²) in [5, 5.41) is 14.9. The van der Waals surface area contributed by atoms with Crippen molar-refractivity contribution >= 4 is 92.7 Å². The molecule has 0 aliphatic rings. The van der Waals surface area contributed by atoms with Crippen molar-refractivity contribution in [2.45, 2.75) is 0 Å². The Balaban J connectivity index is 0.991. The molecule has 0 aliphatic heterocycles. The van der Waals surface area contributed by atoms with Crippen LogP contribution >= 0.6 is 0 Å². The molecule has 12 aromatic carbocycles. The van der Waals surface area contributed by atoms with Crippen molar-refractivity contribution in [2.75, 3.05) is 4.90 Å². The van der Waals surface area contributed by atoms with Crippen LogP contribution in [0.3, 0.4) is 0 Å². The fraction of sp³-hybridized carbons (Fsp3) is 0. The Labute approximate surface area is 371 Å². The number of rotatable bonds is 6. The van der Waals surface area contributed by atoms with Gasteiger partial charge >= 0.3 is 0 Å². The van der Waals surface area contributed by atoms with Crippen LogP contribution in [0.4, 0.5) is 17.1 Å². The molecule has 0 atom stereocenters. The Morgan fingerprint density at radius 2 is 0.828 bits per heavy atom. The number of nitrogens with zero attached hydrogens (tertiary/aromatic N) is 2. The Morgan fingerprint density at radius 1 is 0.266 bits per heavy atom. The molecule has 0 radical (unpaired) electrons. The summed E-state index contributed by atoms with van der Waals surface area (Å²) in [6, 6.07) is 89.1. The van der Waals surface area contributed by atoms with Gasteiger partial charge in [0.05, 0.1) is 16.7 Å². The first-order valence-corrected chi connectivity index (χ1v) is 22.1. The predicted octanol–water partition coefficient (Wildman–Crippen LogP) is 17.4. The Bertz CT molecular complexity index is 3950. The van der Waals surface area contributed by atoms with E-state index in [1.165, 1.54) is 104 Å². The quantitative estimate of drug-likeness (QED) is 0.152. The van der Waals surface area contributed by atoms with Gasteiger partial charge in [0.25, 0.3) is 0 Å². The summed E-state index contributed by atoms with van der Waals surface area (Å²) in [7, 11) is 0. The number of hydrogen-bond donors (Lipinski definition) is 0. The van der Waals surface area contributed by atoms with E-state index in [0.717, 1.165) is 17.1 Å². The number of aromatic nitrogens is 1. The molecule has 0 bridgehead atoms. The van der Waals surface area contributed by atoms with Crippen molar-refractivity contribution in [3.05, 3.63) is 243 Å². The number of para-hydroxylation sites is 1. The maximum absolute atomic E-state index is 2.49. The lowest BCUT2D eigenvalue weighted by molar-refractivity contribution is 1.20. The number of hydrogen-bond acceptors (Lipinski definition) is 1. The minimum absolute atomic E-state index is 1.09. The molecule has 13 aromatic rings. The molecule has 0 saturated carbocycles. The van der Waals surface area contributed by atoms with Gasteiger partial charge in [-0.1, -0.05) is 194 Å². The fourth-order valence-corrected chi connectivity index (χ4v) is 10.4. The summed E-state index contributed by atoms with van der Waals surface area (Å²) in [5.41, 5.74) is 11.7. The molecule has 0 aliphatic carbocycles. The van der Waals surface area contributed by atoms with Crippen LogP contribution in [0.25, 0.3) is 104 Å². The lowest BCUT2D eigenvalue weighted by atomic mass is 9.95. The van der Waals surface area contributed by atoms with Gasteiger partial charge < -0.3 is 9.47 Å². The van der Waals surface area contributed by atoms with E-state index < -0.39 is 0 Å². The van der Waals surface area contributed by atoms with Crippen LogP contribution in [0.1, 0.15) is 0 Å². The number of fused-ring (bicyclic) bond motifs is 10. The van der Waals surface area contributed by atoms with E-state index in [0.29, 0.717) is 0 Å². The highest BCUT2D eigenvalue weighted by molar-refractivity contribution is 6.20. The summed E-state index contributed by atoms with van der Waals surface area (Å²) in [6.07, 6.45) is 0. The summed E-state index contributed by atoms with van der Waals surface area (Å²) in [4.78, 5) is 2.43. The third-order valence-corrected chi connectivity index (χ3v) is 13.3. The average Bonchev–Trinajstić information content (AvgIpc) is 3.71. The van der Waals surface area contributed by atoms with Crippen molar-refractivity contribution in [1.82, 2.24) is 4.57 Å². The van der Waals surface area contributed by atoms with Gasteiger partial charge in [-0.2, -0.15) is 0 Å². The van der Waals surface area contributed by atoms with E-state index in [1.807, 2.05) is 0 Å². The van der Waals surface area contributed by atoms with Crippen LogP contribution in [0, 0.1) is 0 Å². The lowest BCUT2D eigenvalue weighted by Crippen LogP contribution is -2.10. The molecule has 298 valence electrons. The largest absolute Gasteiger partial charge is 0.310 e. The van der Waals surface area contributed by atoms with Crippen LogP contribution in [0.2, 0.25) is 0 Å². The Kier molecular flexibility index (Phi) is 8.25. The summed E-state index contributed by atoms with van der Waals surface area (Å²) in [6.45, 7) is 0. The minimum atomic E-state index is 1.09. The molecule has 0 saturated heterocycles. The smallest absolute Gasteiger partial charge is 0.0619 e. The maximum atomic E-state index is 2.49. The molecule has 13 rings (SSSR count). The lowest BCUT2D eigenvalue weighted by Gasteiger charge is -2.27. The van der Waals surface area contributed by atoms with E-state index in [2.05, 4.69) is 252 Å². The first kappa shape index (κ1) is 36.2. The molecule has 1 heterocycles. The van der Waals surface area contributed by atoms with Crippen molar-refractivity contribution in [3.63, 3.8) is 0 Å². The van der Waals surface area contributed by atoms with Crippen LogP contribution in [0.15, 0.2) is 243 Å². The highest BCUT2D eigenvalue weighted by atomic mass is 15.1. The second kappa shape index (κ2) is 14.6. The highest BCUT2D eigenvalue weighted by Crippen LogP contribution is 2.44. The molecule has 0 N–H and O–H groups in total. The molecule has 2 heteroatoms. The van der Waals surface area contributed by atoms with Gasteiger partial charge in [-0.3, -0.25) is 0 Å². The topological polar surface area (TPSA) is 8.17 Å². The zero-order valence-electron chi connectivity index (χ0n) is 35.0. The van der Waals surface area contributed by atoms with Crippen molar-refractivity contribution < 1.29 is 0 Å². The van der Waals surface area contributed by atoms with Crippen LogP contribution in [-0.4, -0.2) is 4.57 Å². The van der Waals surface area contributed by atoms with E-state index >= 15 is 0 Å². The molecule has 1 aromatic heterocycles. The zero-order chi connectivity index (χ0) is 42.1. The molecule has 0 fully saturated rings. The molecule has 64 heavy (non-hydrogen) atoms. The minimum Gasteiger partial charge on any atom is -0.310 e. The zero-order valence-corrected chi connectivity index (χ0v) is 35.0. The van der Waals surface area contributed by atoms with Crippen molar-refractivity contribution in [3.8, 4) is 27.9 Å². The summed E-state index contributed by atoms with van der Waals surface area (Å²) in [5.74, 6) is 0.